The molecule has 0 aliphatic carbocycles. The number of amides is 1. The minimum atomic E-state index is -0.998. The number of carboxylic acids is 1. The molecule has 0 saturated carbocycles. The van der Waals surface area contributed by atoms with E-state index in [1.165, 1.54) is 0 Å². The number of carbonyl (C=O) groups is 2. The Bertz CT molecular complexity index is 213. The minimum absolute atomic E-state index is 0.0465. The van der Waals surface area contributed by atoms with Gasteiger partial charge in [-0.05, 0) is 13.3 Å². The number of aliphatic hydroxyl groups is 1. The molecule has 0 aliphatic heterocycles. The normalized spacial score (nSPS) is 14.5. The highest BCUT2D eigenvalue weighted by atomic mass is 16.4. The maximum absolute atomic E-state index is 11.0. The summed E-state index contributed by atoms with van der Waals surface area (Å²) in [5.74, 6) is -1.34. The molecule has 3 N–H and O–H groups in total. The van der Waals surface area contributed by atoms with Crippen LogP contribution < -0.4 is 5.32 Å². The van der Waals surface area contributed by atoms with Gasteiger partial charge >= 0.3 is 5.97 Å². The first-order valence-electron chi connectivity index (χ1n) is 4.58. The van der Waals surface area contributed by atoms with Crippen LogP contribution in [0.4, 0.5) is 0 Å². The molecule has 0 heterocycles. The zero-order chi connectivity index (χ0) is 11.2. The average molecular weight is 203 g/mol. The van der Waals surface area contributed by atoms with Crippen molar-refractivity contribution in [3.8, 4) is 0 Å². The summed E-state index contributed by atoms with van der Waals surface area (Å²) in [6.07, 6.45) is 0.307. The maximum atomic E-state index is 11.0. The van der Waals surface area contributed by atoms with Crippen LogP contribution in [0.25, 0.3) is 0 Å². The topological polar surface area (TPSA) is 86.6 Å². The first-order chi connectivity index (χ1) is 6.37. The van der Waals surface area contributed by atoms with Crippen molar-refractivity contribution in [2.45, 2.75) is 38.7 Å². The van der Waals surface area contributed by atoms with Crippen LogP contribution in [-0.4, -0.2) is 34.2 Å². The molecule has 0 aromatic heterocycles. The van der Waals surface area contributed by atoms with E-state index in [1.807, 2.05) is 6.92 Å². The van der Waals surface area contributed by atoms with Gasteiger partial charge in [0.25, 0.3) is 0 Å². The quantitative estimate of drug-likeness (QED) is 0.572. The molecule has 0 bridgehead atoms. The Morgan fingerprint density at radius 1 is 1.36 bits per heavy atom. The molecule has 5 heteroatoms. The van der Waals surface area contributed by atoms with Crippen LogP contribution in [0.15, 0.2) is 0 Å². The smallest absolute Gasteiger partial charge is 0.303 e. The lowest BCUT2D eigenvalue weighted by molar-refractivity contribution is -0.138. The lowest BCUT2D eigenvalue weighted by Crippen LogP contribution is -2.40. The molecule has 1 unspecified atom stereocenters. The van der Waals surface area contributed by atoms with E-state index in [0.717, 1.165) is 0 Å². The second kappa shape index (κ2) is 5.59. The number of hydrogen-bond donors (Lipinski definition) is 3. The lowest BCUT2D eigenvalue weighted by Gasteiger charge is -2.21. The summed E-state index contributed by atoms with van der Waals surface area (Å²) in [4.78, 5) is 21.2. The zero-order valence-corrected chi connectivity index (χ0v) is 8.54. The van der Waals surface area contributed by atoms with Crippen LogP contribution in [-0.2, 0) is 9.59 Å². The van der Waals surface area contributed by atoms with E-state index in [4.69, 9.17) is 5.11 Å². The number of nitrogens with one attached hydrogen (secondary N) is 1. The van der Waals surface area contributed by atoms with Crippen molar-refractivity contribution in [2.75, 3.05) is 6.54 Å². The third kappa shape index (κ3) is 6.42. The van der Waals surface area contributed by atoms with Crippen molar-refractivity contribution in [1.29, 1.82) is 0 Å². The van der Waals surface area contributed by atoms with Crippen LogP contribution >= 0.6 is 0 Å². The SMILES string of the molecule is CCC(C)(O)CNC(=O)CCC(=O)O. The van der Waals surface area contributed by atoms with Crippen LogP contribution in [0, 0.1) is 0 Å². The van der Waals surface area contributed by atoms with Gasteiger partial charge in [-0.25, -0.2) is 0 Å². The Labute approximate surface area is 83.1 Å². The van der Waals surface area contributed by atoms with E-state index < -0.39 is 11.6 Å². The van der Waals surface area contributed by atoms with Gasteiger partial charge < -0.3 is 15.5 Å². The largest absolute Gasteiger partial charge is 0.481 e. The molecule has 1 atom stereocenters. The number of carboxylic acid groups (broad SMARTS) is 1. The molecule has 5 nitrogen and oxygen atoms in total. The second-order valence-electron chi connectivity index (χ2n) is 3.52. The fourth-order valence-corrected chi connectivity index (χ4v) is 0.723. The third-order valence-corrected chi connectivity index (χ3v) is 1.99. The highest BCUT2D eigenvalue weighted by Crippen LogP contribution is 2.05. The van der Waals surface area contributed by atoms with E-state index in [-0.39, 0.29) is 25.3 Å². The Hall–Kier alpha value is -1.10. The maximum Gasteiger partial charge on any atom is 0.303 e. The number of rotatable bonds is 6. The first kappa shape index (κ1) is 12.9. The van der Waals surface area contributed by atoms with Crippen LogP contribution in [0.5, 0.6) is 0 Å². The monoisotopic (exact) mass is 203 g/mol. The van der Waals surface area contributed by atoms with Gasteiger partial charge in [-0.3, -0.25) is 9.59 Å². The van der Waals surface area contributed by atoms with Crippen molar-refractivity contribution in [3.63, 3.8) is 0 Å². The predicted molar refractivity (Wildman–Crippen MR) is 50.8 cm³/mol. The van der Waals surface area contributed by atoms with Crippen LogP contribution in [0.1, 0.15) is 33.1 Å². The Balaban J connectivity index is 3.69. The fraction of sp³-hybridized carbons (Fsp3) is 0.778. The van der Waals surface area contributed by atoms with Gasteiger partial charge in [-0.2, -0.15) is 0 Å². The van der Waals surface area contributed by atoms with Crippen molar-refractivity contribution in [3.05, 3.63) is 0 Å². The molecular formula is C9H17NO4. The van der Waals surface area contributed by atoms with Gasteiger partial charge in [0.15, 0.2) is 0 Å². The Morgan fingerprint density at radius 3 is 2.36 bits per heavy atom. The van der Waals surface area contributed by atoms with Gasteiger partial charge in [0.2, 0.25) is 5.91 Å². The summed E-state index contributed by atoms with van der Waals surface area (Å²) in [5.41, 5.74) is -0.918. The molecule has 0 aromatic rings. The standard InChI is InChI=1S/C9H17NO4/c1-3-9(2,14)6-10-7(11)4-5-8(12)13/h14H,3-6H2,1-2H3,(H,10,11)(H,12,13). The van der Waals surface area contributed by atoms with Crippen LogP contribution in [0.2, 0.25) is 0 Å². The van der Waals surface area contributed by atoms with Gasteiger partial charge in [0.1, 0.15) is 0 Å². The van der Waals surface area contributed by atoms with E-state index >= 15 is 0 Å². The van der Waals surface area contributed by atoms with E-state index in [0.29, 0.717) is 6.42 Å². The summed E-state index contributed by atoms with van der Waals surface area (Å²) in [6, 6.07) is 0. The van der Waals surface area contributed by atoms with E-state index in [2.05, 4.69) is 5.32 Å². The predicted octanol–water partition coefficient (Wildman–Crippen LogP) is 0.128. The molecule has 0 fully saturated rings. The molecule has 0 radical (unpaired) electrons. The Morgan fingerprint density at radius 2 is 1.93 bits per heavy atom. The molecule has 0 saturated heterocycles. The van der Waals surface area contributed by atoms with E-state index in [9.17, 15) is 14.7 Å². The summed E-state index contributed by atoms with van der Waals surface area (Å²) < 4.78 is 0. The van der Waals surface area contributed by atoms with E-state index in [1.54, 1.807) is 6.92 Å². The number of aliphatic carboxylic acids is 1. The van der Waals surface area contributed by atoms with Crippen molar-refractivity contribution in [2.24, 2.45) is 0 Å². The second-order valence-corrected chi connectivity index (χ2v) is 3.52. The highest BCUT2D eigenvalue weighted by molar-refractivity contribution is 5.80. The Kier molecular flexibility index (Phi) is 5.15. The van der Waals surface area contributed by atoms with Crippen molar-refractivity contribution in [1.82, 2.24) is 5.32 Å². The fourth-order valence-electron chi connectivity index (χ4n) is 0.723. The third-order valence-electron chi connectivity index (χ3n) is 1.99. The molecule has 0 aromatic carbocycles. The first-order valence-corrected chi connectivity index (χ1v) is 4.58. The minimum Gasteiger partial charge on any atom is -0.481 e. The molecule has 82 valence electrons. The van der Waals surface area contributed by atoms with Gasteiger partial charge in [0, 0.05) is 13.0 Å². The average Bonchev–Trinajstić information content (AvgIpc) is 2.11. The van der Waals surface area contributed by atoms with Gasteiger partial charge in [-0.15, -0.1) is 0 Å². The molecule has 0 aliphatic rings. The molecule has 0 spiro atoms. The van der Waals surface area contributed by atoms with Crippen molar-refractivity contribution >= 4 is 11.9 Å². The lowest BCUT2D eigenvalue weighted by atomic mass is 10.0. The molecule has 1 amide bonds. The number of hydrogen-bond acceptors (Lipinski definition) is 3. The van der Waals surface area contributed by atoms with Gasteiger partial charge in [-0.1, -0.05) is 6.92 Å². The van der Waals surface area contributed by atoms with Crippen molar-refractivity contribution < 1.29 is 19.8 Å². The number of carbonyl (C=O) groups excluding carboxylic acids is 1. The van der Waals surface area contributed by atoms with Crippen LogP contribution in [0.3, 0.4) is 0 Å². The summed E-state index contributed by atoms with van der Waals surface area (Å²) >= 11 is 0. The summed E-state index contributed by atoms with van der Waals surface area (Å²) in [7, 11) is 0. The molecule has 14 heavy (non-hydrogen) atoms. The van der Waals surface area contributed by atoms with Gasteiger partial charge in [0.05, 0.1) is 12.0 Å². The zero-order valence-electron chi connectivity index (χ0n) is 8.54. The molecular weight excluding hydrogens is 186 g/mol. The highest BCUT2D eigenvalue weighted by Gasteiger charge is 2.18. The summed E-state index contributed by atoms with van der Waals surface area (Å²) in [6.45, 7) is 3.58. The molecule has 0 rings (SSSR count). The summed E-state index contributed by atoms with van der Waals surface area (Å²) in [5, 5.41) is 20.3.